The van der Waals surface area contributed by atoms with Crippen LogP contribution in [0.3, 0.4) is 0 Å². The zero-order valence-corrected chi connectivity index (χ0v) is 28.1. The summed E-state index contributed by atoms with van der Waals surface area (Å²) in [5.41, 5.74) is 0.889. The van der Waals surface area contributed by atoms with Gasteiger partial charge in [0.25, 0.3) is 0 Å². The molecule has 9 heteroatoms. The Morgan fingerprint density at radius 3 is 2.11 bits per heavy atom. The molecule has 3 aromatic carbocycles. The molecule has 1 fully saturated rings. The first-order chi connectivity index (χ1) is 21.6. The summed E-state index contributed by atoms with van der Waals surface area (Å²) in [6.07, 6.45) is 1.06. The summed E-state index contributed by atoms with van der Waals surface area (Å²) in [6.45, 7) is 14.0. The van der Waals surface area contributed by atoms with Crippen molar-refractivity contribution in [2.24, 2.45) is 5.92 Å². The molecule has 1 N–H and O–H groups in total. The van der Waals surface area contributed by atoms with Crippen LogP contribution in [0.25, 0.3) is 0 Å². The largest absolute Gasteiger partial charge is 0.497 e. The number of nitrogens with one attached hydrogen (secondary N) is 1. The molecule has 0 aromatic heterocycles. The highest BCUT2D eigenvalue weighted by Crippen LogP contribution is 2.46. The van der Waals surface area contributed by atoms with Crippen LogP contribution >= 0.6 is 0 Å². The predicted octanol–water partition coefficient (Wildman–Crippen LogP) is 7.25. The molecular formula is C36H47NO7Si. The molecule has 0 bridgehead atoms. The maximum absolute atomic E-state index is 13.3. The molecular weight excluding hydrogens is 586 g/mol. The van der Waals surface area contributed by atoms with Crippen LogP contribution in [-0.2, 0) is 43.2 Å². The maximum Gasteiger partial charge on any atom is 0.408 e. The van der Waals surface area contributed by atoms with Crippen LogP contribution in [0.2, 0.25) is 19.6 Å². The summed E-state index contributed by atoms with van der Waals surface area (Å²) in [5, 5.41) is 3.10. The Kier molecular flexibility index (Phi) is 12.0. The van der Waals surface area contributed by atoms with Crippen molar-refractivity contribution in [2.75, 3.05) is 20.3 Å². The molecule has 1 aliphatic heterocycles. The number of carbonyl (C=O) groups excluding carboxylic acids is 1. The lowest BCUT2D eigenvalue weighted by Gasteiger charge is -2.57. The van der Waals surface area contributed by atoms with Crippen LogP contribution < -0.4 is 10.1 Å². The fraction of sp³-hybridized carbons (Fsp3) is 0.417. The van der Waals surface area contributed by atoms with Gasteiger partial charge >= 0.3 is 6.09 Å². The van der Waals surface area contributed by atoms with Crippen molar-refractivity contribution >= 4 is 14.4 Å². The third kappa shape index (κ3) is 9.28. The van der Waals surface area contributed by atoms with E-state index in [4.69, 9.17) is 28.1 Å². The SMILES string of the molecule is C=C[C@]1(NC(=O)OCc2ccccc2)CO[C@@H](OCc2ccc(OC)cc2)[C@H](CCOCc2ccccc2)[C@]1(C)O[Si](C)(C)C. The van der Waals surface area contributed by atoms with E-state index in [0.717, 1.165) is 22.4 Å². The predicted molar refractivity (Wildman–Crippen MR) is 177 cm³/mol. The molecule has 0 aliphatic carbocycles. The number of hydrogen-bond donors (Lipinski definition) is 1. The lowest BCUT2D eigenvalue weighted by molar-refractivity contribution is -0.271. The van der Waals surface area contributed by atoms with E-state index < -0.39 is 31.8 Å². The Bertz CT molecular complexity index is 1350. The Balaban J connectivity index is 1.59. The van der Waals surface area contributed by atoms with Crippen LogP contribution in [0.1, 0.15) is 30.0 Å². The van der Waals surface area contributed by atoms with Crippen molar-refractivity contribution in [3.63, 3.8) is 0 Å². The molecule has 4 atom stereocenters. The van der Waals surface area contributed by atoms with Crippen LogP contribution in [0.15, 0.2) is 97.6 Å². The molecule has 0 saturated carbocycles. The topological polar surface area (TPSA) is 84.5 Å². The minimum Gasteiger partial charge on any atom is -0.497 e. The van der Waals surface area contributed by atoms with E-state index in [1.54, 1.807) is 13.2 Å². The van der Waals surface area contributed by atoms with Gasteiger partial charge in [0.1, 0.15) is 17.9 Å². The fourth-order valence-corrected chi connectivity index (χ4v) is 7.34. The minimum absolute atomic E-state index is 0.0898. The van der Waals surface area contributed by atoms with Gasteiger partial charge in [0.05, 0.1) is 32.5 Å². The van der Waals surface area contributed by atoms with Gasteiger partial charge < -0.3 is 33.4 Å². The zero-order valence-electron chi connectivity index (χ0n) is 27.1. The zero-order chi connectivity index (χ0) is 32.3. The quantitative estimate of drug-likeness (QED) is 0.107. The lowest BCUT2D eigenvalue weighted by atomic mass is 9.69. The first kappa shape index (κ1) is 34.4. The van der Waals surface area contributed by atoms with Gasteiger partial charge in [-0.1, -0.05) is 78.9 Å². The van der Waals surface area contributed by atoms with Gasteiger partial charge in [-0.2, -0.15) is 0 Å². The smallest absolute Gasteiger partial charge is 0.408 e. The molecule has 4 rings (SSSR count). The molecule has 1 heterocycles. The van der Waals surface area contributed by atoms with Gasteiger partial charge in [0.2, 0.25) is 0 Å². The highest BCUT2D eigenvalue weighted by atomic mass is 28.4. The Morgan fingerprint density at radius 2 is 1.53 bits per heavy atom. The van der Waals surface area contributed by atoms with E-state index in [2.05, 4.69) is 31.5 Å². The molecule has 45 heavy (non-hydrogen) atoms. The van der Waals surface area contributed by atoms with E-state index in [0.29, 0.717) is 26.2 Å². The summed E-state index contributed by atoms with van der Waals surface area (Å²) < 4.78 is 37.1. The molecule has 8 nitrogen and oxygen atoms in total. The molecule has 0 unspecified atom stereocenters. The van der Waals surface area contributed by atoms with E-state index >= 15 is 0 Å². The number of rotatable bonds is 15. The summed E-state index contributed by atoms with van der Waals surface area (Å²) in [7, 11) is -0.578. The van der Waals surface area contributed by atoms with Crippen molar-refractivity contribution in [2.45, 2.75) is 70.2 Å². The number of hydrogen-bond acceptors (Lipinski definition) is 7. The van der Waals surface area contributed by atoms with E-state index in [1.807, 2.05) is 91.9 Å². The lowest BCUT2D eigenvalue weighted by Crippen LogP contribution is -2.74. The van der Waals surface area contributed by atoms with Crippen molar-refractivity contribution in [3.05, 3.63) is 114 Å². The average molecular weight is 634 g/mol. The second-order valence-corrected chi connectivity index (χ2v) is 16.9. The van der Waals surface area contributed by atoms with Crippen molar-refractivity contribution in [3.8, 4) is 5.75 Å². The van der Waals surface area contributed by atoms with Gasteiger partial charge in [0, 0.05) is 12.5 Å². The molecule has 1 amide bonds. The normalized spacial score (nSPS) is 23.2. The summed E-state index contributed by atoms with van der Waals surface area (Å²) in [5.74, 6) is 0.442. The molecule has 0 spiro atoms. The molecule has 0 radical (unpaired) electrons. The fourth-order valence-electron chi connectivity index (χ4n) is 5.73. The Labute approximate surface area is 268 Å². The van der Waals surface area contributed by atoms with Gasteiger partial charge in [-0.3, -0.25) is 0 Å². The summed E-state index contributed by atoms with van der Waals surface area (Å²) >= 11 is 0. The third-order valence-electron chi connectivity index (χ3n) is 8.06. The standard InChI is InChI=1S/C36H47NO7Si/c1-7-36(37-34(38)42-26-29-16-12-9-13-17-29)27-43-33(41-25-30-18-20-31(39-3)21-19-30)32(35(36,2)44-45(4,5)6)22-23-40-24-28-14-10-8-11-15-28/h7-21,32-33H,1,22-27H2,2-6H3,(H,37,38)/t32-,33+,35-,36-/m0/s1. The van der Waals surface area contributed by atoms with Gasteiger partial charge in [-0.15, -0.1) is 6.58 Å². The third-order valence-corrected chi connectivity index (χ3v) is 9.10. The van der Waals surface area contributed by atoms with Gasteiger partial charge in [0.15, 0.2) is 14.6 Å². The number of amides is 1. The van der Waals surface area contributed by atoms with Crippen LogP contribution in [0, 0.1) is 5.92 Å². The number of ether oxygens (including phenoxy) is 5. The maximum atomic E-state index is 13.3. The Hall–Kier alpha value is -3.47. The van der Waals surface area contributed by atoms with Crippen molar-refractivity contribution in [1.29, 1.82) is 0 Å². The molecule has 1 saturated heterocycles. The number of benzene rings is 3. The van der Waals surface area contributed by atoms with Crippen LogP contribution in [0.4, 0.5) is 4.79 Å². The molecule has 3 aromatic rings. The minimum atomic E-state index is -2.22. The van der Waals surface area contributed by atoms with E-state index in [-0.39, 0.29) is 19.1 Å². The number of alkyl carbamates (subject to hydrolysis) is 1. The first-order valence-corrected chi connectivity index (χ1v) is 18.8. The van der Waals surface area contributed by atoms with Crippen molar-refractivity contribution in [1.82, 2.24) is 5.32 Å². The van der Waals surface area contributed by atoms with Crippen LogP contribution in [0.5, 0.6) is 5.75 Å². The highest BCUT2D eigenvalue weighted by Gasteiger charge is 2.60. The number of carbonyl (C=O) groups is 1. The summed E-state index contributed by atoms with van der Waals surface area (Å²) in [6, 6.07) is 27.4. The second kappa shape index (κ2) is 15.7. The van der Waals surface area contributed by atoms with E-state index in [1.165, 1.54) is 0 Å². The van der Waals surface area contributed by atoms with Gasteiger partial charge in [-0.05, 0) is 61.8 Å². The van der Waals surface area contributed by atoms with Gasteiger partial charge in [-0.25, -0.2) is 4.79 Å². The van der Waals surface area contributed by atoms with Crippen molar-refractivity contribution < 1.29 is 32.9 Å². The monoisotopic (exact) mass is 633 g/mol. The first-order valence-electron chi connectivity index (χ1n) is 15.4. The molecule has 242 valence electrons. The van der Waals surface area contributed by atoms with E-state index in [9.17, 15) is 4.79 Å². The summed E-state index contributed by atoms with van der Waals surface area (Å²) in [4.78, 5) is 13.3. The second-order valence-electron chi connectivity index (χ2n) is 12.5. The average Bonchev–Trinajstić information content (AvgIpc) is 3.03. The van der Waals surface area contributed by atoms with Crippen LogP contribution in [-0.4, -0.2) is 52.2 Å². The Morgan fingerprint density at radius 1 is 0.933 bits per heavy atom. The number of methoxy groups -OCH3 is 1. The highest BCUT2D eigenvalue weighted by molar-refractivity contribution is 6.69. The molecule has 1 aliphatic rings.